The van der Waals surface area contributed by atoms with E-state index >= 15 is 0 Å². The molecule has 0 saturated heterocycles. The summed E-state index contributed by atoms with van der Waals surface area (Å²) in [5.41, 5.74) is 1.85. The van der Waals surface area contributed by atoms with Gasteiger partial charge in [0.15, 0.2) is 0 Å². The Morgan fingerprint density at radius 3 is 2.65 bits per heavy atom. The molecule has 26 heavy (non-hydrogen) atoms. The summed E-state index contributed by atoms with van der Waals surface area (Å²) >= 11 is 1.58. The van der Waals surface area contributed by atoms with Gasteiger partial charge in [-0.05, 0) is 23.8 Å². The largest absolute Gasteiger partial charge is 0.357 e. The Morgan fingerprint density at radius 2 is 1.92 bits per heavy atom. The fraction of sp³-hybridized carbons (Fsp3) is 0.0526. The number of anilines is 1. The topological polar surface area (TPSA) is 81.0 Å². The molecule has 4 aromatic rings. The first-order valence-corrected chi connectivity index (χ1v) is 8.85. The van der Waals surface area contributed by atoms with E-state index in [-0.39, 0.29) is 11.7 Å². The van der Waals surface area contributed by atoms with Crippen LogP contribution in [0, 0.1) is 10.1 Å². The zero-order valence-electron chi connectivity index (χ0n) is 13.6. The molecule has 4 rings (SSSR count). The molecule has 128 valence electrons. The van der Waals surface area contributed by atoms with Crippen LogP contribution in [0.15, 0.2) is 72.2 Å². The number of thiazole rings is 1. The van der Waals surface area contributed by atoms with Crippen LogP contribution in [-0.2, 0) is 0 Å². The molecule has 0 radical (unpaired) electrons. The van der Waals surface area contributed by atoms with Crippen LogP contribution in [0.25, 0.3) is 10.9 Å². The van der Waals surface area contributed by atoms with E-state index in [0.29, 0.717) is 11.3 Å². The minimum Gasteiger partial charge on any atom is -0.357 e. The van der Waals surface area contributed by atoms with Crippen LogP contribution in [0.3, 0.4) is 0 Å². The average molecular weight is 362 g/mol. The second kappa shape index (κ2) is 6.89. The molecule has 0 aliphatic heterocycles. The van der Waals surface area contributed by atoms with Crippen LogP contribution in [0.4, 0.5) is 11.5 Å². The lowest BCUT2D eigenvalue weighted by Crippen LogP contribution is -2.13. The molecule has 1 N–H and O–H groups in total. The first-order chi connectivity index (χ1) is 12.7. The van der Waals surface area contributed by atoms with Crippen molar-refractivity contribution >= 4 is 33.7 Å². The van der Waals surface area contributed by atoms with Crippen molar-refractivity contribution in [2.24, 2.45) is 0 Å². The molecule has 0 aliphatic carbocycles. The van der Waals surface area contributed by atoms with Crippen LogP contribution in [0.5, 0.6) is 0 Å². The van der Waals surface area contributed by atoms with E-state index in [4.69, 9.17) is 0 Å². The number of aromatic nitrogens is 2. The van der Waals surface area contributed by atoms with Gasteiger partial charge in [0.1, 0.15) is 16.9 Å². The maximum absolute atomic E-state index is 10.9. The Labute approximate surface area is 153 Å². The molecule has 0 amide bonds. The molecule has 0 fully saturated rings. The molecule has 2 aromatic heterocycles. The summed E-state index contributed by atoms with van der Waals surface area (Å²) in [5, 5.41) is 18.0. The lowest BCUT2D eigenvalue weighted by atomic mass is 10.1. The van der Waals surface area contributed by atoms with Gasteiger partial charge in [0, 0.05) is 29.1 Å². The molecule has 0 spiro atoms. The monoisotopic (exact) mass is 362 g/mol. The molecule has 7 heteroatoms. The highest BCUT2D eigenvalue weighted by Crippen LogP contribution is 2.28. The quantitative estimate of drug-likeness (QED) is 0.407. The third-order valence-electron chi connectivity index (χ3n) is 4.01. The second-order valence-electron chi connectivity index (χ2n) is 5.69. The molecule has 1 atom stereocenters. The van der Waals surface area contributed by atoms with Crippen LogP contribution in [-0.4, -0.2) is 14.9 Å². The van der Waals surface area contributed by atoms with Crippen molar-refractivity contribution in [2.75, 3.05) is 5.32 Å². The van der Waals surface area contributed by atoms with E-state index in [2.05, 4.69) is 15.3 Å². The number of non-ortho nitro benzene ring substituents is 1. The number of nitrogens with one attached hydrogen (secondary N) is 1. The van der Waals surface area contributed by atoms with Gasteiger partial charge in [-0.1, -0.05) is 30.3 Å². The molecule has 1 unspecified atom stereocenters. The molecule has 6 nitrogen and oxygen atoms in total. The number of rotatable bonds is 5. The van der Waals surface area contributed by atoms with Gasteiger partial charge in [-0.2, -0.15) is 0 Å². The van der Waals surface area contributed by atoms with Crippen molar-refractivity contribution in [2.45, 2.75) is 6.04 Å². The molecule has 0 saturated carbocycles. The maximum Gasteiger partial charge on any atom is 0.270 e. The minimum atomic E-state index is -0.403. The highest BCUT2D eigenvalue weighted by Gasteiger charge is 2.17. The highest BCUT2D eigenvalue weighted by molar-refractivity contribution is 7.09. The summed E-state index contributed by atoms with van der Waals surface area (Å²) in [6, 6.07) is 18.3. The van der Waals surface area contributed by atoms with Crippen LogP contribution in [0.1, 0.15) is 16.6 Å². The molecular weight excluding hydrogens is 348 g/mol. The summed E-state index contributed by atoms with van der Waals surface area (Å²) in [5.74, 6) is 0.690. The minimum absolute atomic E-state index is 0.0601. The van der Waals surface area contributed by atoms with Gasteiger partial charge in [-0.15, -0.1) is 11.3 Å². The van der Waals surface area contributed by atoms with Gasteiger partial charge in [-0.25, -0.2) is 9.97 Å². The summed E-state index contributed by atoms with van der Waals surface area (Å²) < 4.78 is 0. The van der Waals surface area contributed by atoms with E-state index < -0.39 is 4.92 Å². The van der Waals surface area contributed by atoms with Crippen LogP contribution in [0.2, 0.25) is 0 Å². The molecule has 0 aliphatic rings. The Hall–Kier alpha value is -3.32. The number of pyridine rings is 1. The van der Waals surface area contributed by atoms with Crippen LogP contribution < -0.4 is 5.32 Å². The van der Waals surface area contributed by atoms with Crippen molar-refractivity contribution in [3.05, 3.63) is 92.9 Å². The predicted octanol–water partition coefficient (Wildman–Crippen LogP) is 4.80. The number of nitro groups is 1. The molecule has 2 heterocycles. The van der Waals surface area contributed by atoms with E-state index in [1.54, 1.807) is 23.6 Å². The summed E-state index contributed by atoms with van der Waals surface area (Å²) in [4.78, 5) is 19.5. The van der Waals surface area contributed by atoms with E-state index in [1.807, 2.05) is 47.8 Å². The Morgan fingerprint density at radius 1 is 1.08 bits per heavy atom. The summed E-state index contributed by atoms with van der Waals surface area (Å²) in [7, 11) is 0. The molecule has 0 bridgehead atoms. The zero-order valence-corrected chi connectivity index (χ0v) is 14.4. The number of hydrogen-bond donors (Lipinski definition) is 1. The first-order valence-electron chi connectivity index (χ1n) is 7.97. The van der Waals surface area contributed by atoms with Crippen molar-refractivity contribution in [3.63, 3.8) is 0 Å². The normalized spacial score (nSPS) is 12.0. The zero-order chi connectivity index (χ0) is 17.9. The van der Waals surface area contributed by atoms with Crippen molar-refractivity contribution in [3.8, 4) is 0 Å². The Balaban J connectivity index is 1.69. The third kappa shape index (κ3) is 3.25. The summed E-state index contributed by atoms with van der Waals surface area (Å²) in [6.07, 6.45) is 1.78. The lowest BCUT2D eigenvalue weighted by Gasteiger charge is -2.18. The Kier molecular flexibility index (Phi) is 4.28. The average Bonchev–Trinajstić information content (AvgIpc) is 3.20. The van der Waals surface area contributed by atoms with Crippen molar-refractivity contribution < 1.29 is 4.92 Å². The SMILES string of the molecule is O=[N+]([O-])c1ccc2nc(NC(c3ccccc3)c3nccs3)ccc2c1. The van der Waals surface area contributed by atoms with E-state index in [9.17, 15) is 10.1 Å². The predicted molar refractivity (Wildman–Crippen MR) is 102 cm³/mol. The van der Waals surface area contributed by atoms with Gasteiger partial charge in [-0.3, -0.25) is 10.1 Å². The Bertz CT molecular complexity index is 1050. The van der Waals surface area contributed by atoms with E-state index in [1.165, 1.54) is 12.1 Å². The lowest BCUT2D eigenvalue weighted by molar-refractivity contribution is -0.384. The maximum atomic E-state index is 10.9. The fourth-order valence-corrected chi connectivity index (χ4v) is 3.48. The number of fused-ring (bicyclic) bond motifs is 1. The molecule has 2 aromatic carbocycles. The van der Waals surface area contributed by atoms with Gasteiger partial charge in [0.05, 0.1) is 10.4 Å². The molecular formula is C19H14N4O2S. The van der Waals surface area contributed by atoms with Gasteiger partial charge in [0.25, 0.3) is 5.69 Å². The standard InChI is InChI=1S/C19H14N4O2S/c24-23(25)15-7-8-16-14(12-15)6-9-17(21-16)22-18(19-20-10-11-26-19)13-4-2-1-3-5-13/h1-12,18H,(H,21,22). The van der Waals surface area contributed by atoms with Crippen molar-refractivity contribution in [1.82, 2.24) is 9.97 Å². The number of benzene rings is 2. The third-order valence-corrected chi connectivity index (χ3v) is 4.85. The van der Waals surface area contributed by atoms with Gasteiger partial charge < -0.3 is 5.32 Å². The van der Waals surface area contributed by atoms with E-state index in [0.717, 1.165) is 16.0 Å². The smallest absolute Gasteiger partial charge is 0.270 e. The van der Waals surface area contributed by atoms with Crippen molar-refractivity contribution in [1.29, 1.82) is 0 Å². The summed E-state index contributed by atoms with van der Waals surface area (Å²) in [6.45, 7) is 0. The number of nitro benzene ring substituents is 1. The second-order valence-corrected chi connectivity index (χ2v) is 6.62. The van der Waals surface area contributed by atoms with Crippen LogP contribution >= 0.6 is 11.3 Å². The number of nitrogens with zero attached hydrogens (tertiary/aromatic N) is 3. The highest BCUT2D eigenvalue weighted by atomic mass is 32.1. The fourth-order valence-electron chi connectivity index (χ4n) is 2.76. The first kappa shape index (κ1) is 16.2. The van der Waals surface area contributed by atoms with Gasteiger partial charge in [0.2, 0.25) is 0 Å². The number of hydrogen-bond acceptors (Lipinski definition) is 6. The van der Waals surface area contributed by atoms with Gasteiger partial charge >= 0.3 is 0 Å².